The van der Waals surface area contributed by atoms with Gasteiger partial charge in [0.05, 0.1) is 12.5 Å². The van der Waals surface area contributed by atoms with Gasteiger partial charge in [0.2, 0.25) is 0 Å². The Bertz CT molecular complexity index is 1480. The fraction of sp³-hybridized carbons (Fsp3) is 0.333. The van der Waals surface area contributed by atoms with Crippen LogP contribution in [-0.2, 0) is 13.0 Å². The molecule has 2 aromatic heterocycles. The summed E-state index contributed by atoms with van der Waals surface area (Å²) in [6.07, 6.45) is 2.88. The average Bonchev–Trinajstić information content (AvgIpc) is 3.48. The lowest BCUT2D eigenvalue weighted by Crippen LogP contribution is -2.37. The molecule has 0 saturated carbocycles. The van der Waals surface area contributed by atoms with Gasteiger partial charge < -0.3 is 10.1 Å². The molecule has 1 aliphatic carbocycles. The molecule has 0 radical (unpaired) electrons. The van der Waals surface area contributed by atoms with Crippen LogP contribution < -0.4 is 21.3 Å². The largest absolute Gasteiger partial charge is 0.496 e. The van der Waals surface area contributed by atoms with Crippen LogP contribution in [0.5, 0.6) is 5.75 Å². The number of aromatic nitrogens is 2. The molecule has 2 aliphatic rings. The molecule has 182 valence electrons. The van der Waals surface area contributed by atoms with Crippen LogP contribution in [-0.4, -0.2) is 29.2 Å². The van der Waals surface area contributed by atoms with Gasteiger partial charge in [0.25, 0.3) is 5.56 Å². The highest BCUT2D eigenvalue weighted by Crippen LogP contribution is 2.45. The van der Waals surface area contributed by atoms with Crippen molar-refractivity contribution in [2.75, 3.05) is 13.7 Å². The number of methoxy groups -OCH3 is 1. The Morgan fingerprint density at radius 2 is 1.94 bits per heavy atom. The molecule has 2 N–H and O–H groups in total. The first-order valence-corrected chi connectivity index (χ1v) is 12.7. The second kappa shape index (κ2) is 9.64. The van der Waals surface area contributed by atoms with Crippen molar-refractivity contribution >= 4 is 34.0 Å². The zero-order valence-electron chi connectivity index (χ0n) is 19.5. The van der Waals surface area contributed by atoms with Crippen LogP contribution in [0.3, 0.4) is 0 Å². The molecule has 1 aliphatic heterocycles. The van der Waals surface area contributed by atoms with E-state index in [1.165, 1.54) is 27.0 Å². The Hall–Kier alpha value is -2.87. The minimum Gasteiger partial charge on any atom is -0.496 e. The van der Waals surface area contributed by atoms with Crippen molar-refractivity contribution in [2.45, 2.75) is 37.8 Å². The molecule has 3 atom stereocenters. The third kappa shape index (κ3) is 4.01. The molecule has 1 fully saturated rings. The molecule has 6 nitrogen and oxygen atoms in total. The molecule has 3 heterocycles. The monoisotopic (exact) mass is 509 g/mol. The summed E-state index contributed by atoms with van der Waals surface area (Å²) in [7, 11) is 1.73. The lowest BCUT2D eigenvalue weighted by atomic mass is 9.73. The molecule has 0 spiro atoms. The van der Waals surface area contributed by atoms with Crippen LogP contribution in [0.25, 0.3) is 21.3 Å². The number of nitrogens with zero attached hydrogens (tertiary/aromatic N) is 1. The number of ether oxygens (including phenoxy) is 1. The SMILES string of the molecule is COc1cccc2c1CCC1CNC(CCn3c(=O)[nH]c4scc(-c5ccccc5)c4c3=O)C21.Cl. The van der Waals surface area contributed by atoms with Crippen molar-refractivity contribution in [1.29, 1.82) is 0 Å². The standard InChI is InChI=1S/C27H27N3O3S.ClH/c1-33-22-9-5-8-19-18(22)11-10-17-14-28-21(23(17)19)12-13-30-26(31)24-20(16-6-3-2-4-7-16)15-34-25(24)29-27(30)32;/h2-9,15,17,21,23,28H,10-14H2,1H3,(H,29,32);1H. The molecule has 2 aromatic carbocycles. The van der Waals surface area contributed by atoms with Crippen LogP contribution >= 0.6 is 23.7 Å². The molecule has 6 rings (SSSR count). The second-order valence-corrected chi connectivity index (χ2v) is 10.1. The predicted molar refractivity (Wildman–Crippen MR) is 143 cm³/mol. The average molecular weight is 510 g/mol. The maximum absolute atomic E-state index is 13.5. The summed E-state index contributed by atoms with van der Waals surface area (Å²) in [5, 5.41) is 6.24. The van der Waals surface area contributed by atoms with Gasteiger partial charge in [0.15, 0.2) is 0 Å². The van der Waals surface area contributed by atoms with Gasteiger partial charge in [-0.1, -0.05) is 42.5 Å². The first kappa shape index (κ1) is 23.9. The normalized spacial score (nSPS) is 20.8. The summed E-state index contributed by atoms with van der Waals surface area (Å²) in [5.74, 6) is 1.91. The van der Waals surface area contributed by atoms with Crippen molar-refractivity contribution in [2.24, 2.45) is 5.92 Å². The third-order valence-corrected chi connectivity index (χ3v) is 8.46. The number of thiophene rings is 1. The van der Waals surface area contributed by atoms with E-state index >= 15 is 0 Å². The van der Waals surface area contributed by atoms with Gasteiger partial charge in [-0.2, -0.15) is 0 Å². The molecule has 8 heteroatoms. The summed E-state index contributed by atoms with van der Waals surface area (Å²) in [5.41, 5.74) is 3.98. The fourth-order valence-corrected chi connectivity index (χ4v) is 6.91. The predicted octanol–water partition coefficient (Wildman–Crippen LogP) is 4.56. The molecular formula is C27H28ClN3O3S. The number of hydrogen-bond donors (Lipinski definition) is 2. The summed E-state index contributed by atoms with van der Waals surface area (Å²) < 4.78 is 7.01. The maximum Gasteiger partial charge on any atom is 0.329 e. The molecule has 1 saturated heterocycles. The number of aromatic amines is 1. The number of nitrogens with one attached hydrogen (secondary N) is 2. The van der Waals surface area contributed by atoms with Gasteiger partial charge in [-0.15, -0.1) is 23.7 Å². The van der Waals surface area contributed by atoms with Crippen LogP contribution in [0.15, 0.2) is 63.5 Å². The van der Waals surface area contributed by atoms with E-state index < -0.39 is 0 Å². The smallest absolute Gasteiger partial charge is 0.329 e. The molecular weight excluding hydrogens is 482 g/mol. The topological polar surface area (TPSA) is 76.1 Å². The Balaban J connectivity index is 0.00000253. The number of benzene rings is 2. The van der Waals surface area contributed by atoms with E-state index in [1.807, 2.05) is 41.8 Å². The molecule has 4 aromatic rings. The van der Waals surface area contributed by atoms with E-state index in [0.29, 0.717) is 28.6 Å². The van der Waals surface area contributed by atoms with Crippen LogP contribution in [0.1, 0.15) is 29.9 Å². The van der Waals surface area contributed by atoms with Gasteiger partial charge in [-0.05, 0) is 54.5 Å². The highest BCUT2D eigenvalue weighted by molar-refractivity contribution is 7.17. The fourth-order valence-electron chi connectivity index (χ4n) is 5.96. The van der Waals surface area contributed by atoms with E-state index in [-0.39, 0.29) is 29.7 Å². The Labute approximate surface area is 213 Å². The number of hydrogen-bond acceptors (Lipinski definition) is 5. The van der Waals surface area contributed by atoms with Crippen LogP contribution in [0, 0.1) is 5.92 Å². The van der Waals surface area contributed by atoms with Crippen molar-refractivity contribution in [1.82, 2.24) is 14.9 Å². The van der Waals surface area contributed by atoms with Gasteiger partial charge >= 0.3 is 5.69 Å². The Morgan fingerprint density at radius 1 is 1.11 bits per heavy atom. The highest BCUT2D eigenvalue weighted by atomic mass is 35.5. The third-order valence-electron chi connectivity index (χ3n) is 7.56. The van der Waals surface area contributed by atoms with E-state index in [9.17, 15) is 9.59 Å². The minimum atomic E-state index is -0.334. The maximum atomic E-state index is 13.5. The van der Waals surface area contributed by atoms with Crippen LogP contribution in [0.2, 0.25) is 0 Å². The van der Waals surface area contributed by atoms with Gasteiger partial charge in [0.1, 0.15) is 10.6 Å². The summed E-state index contributed by atoms with van der Waals surface area (Å²) >= 11 is 1.41. The number of rotatable bonds is 5. The molecule has 3 unspecified atom stereocenters. The van der Waals surface area contributed by atoms with E-state index in [2.05, 4.69) is 22.4 Å². The van der Waals surface area contributed by atoms with Gasteiger partial charge in [0, 0.05) is 29.4 Å². The van der Waals surface area contributed by atoms with Crippen molar-refractivity contribution in [3.8, 4) is 16.9 Å². The first-order chi connectivity index (χ1) is 16.7. The Kier molecular flexibility index (Phi) is 6.57. The lowest BCUT2D eigenvalue weighted by Gasteiger charge is -2.32. The highest BCUT2D eigenvalue weighted by Gasteiger charge is 2.40. The molecule has 0 bridgehead atoms. The van der Waals surface area contributed by atoms with E-state index in [0.717, 1.165) is 42.7 Å². The number of halogens is 1. The molecule has 0 amide bonds. The van der Waals surface area contributed by atoms with E-state index in [4.69, 9.17) is 4.74 Å². The van der Waals surface area contributed by atoms with Gasteiger partial charge in [-0.25, -0.2) is 4.79 Å². The number of H-pyrrole nitrogens is 1. The minimum absolute atomic E-state index is 0. The number of fused-ring (bicyclic) bond motifs is 4. The van der Waals surface area contributed by atoms with Crippen LogP contribution in [0.4, 0.5) is 0 Å². The lowest BCUT2D eigenvalue weighted by molar-refractivity contribution is 0.371. The Morgan fingerprint density at radius 3 is 2.74 bits per heavy atom. The van der Waals surface area contributed by atoms with Crippen molar-refractivity contribution in [3.05, 3.63) is 85.9 Å². The molecule has 35 heavy (non-hydrogen) atoms. The quantitative estimate of drug-likeness (QED) is 0.413. The zero-order chi connectivity index (χ0) is 23.2. The first-order valence-electron chi connectivity index (χ1n) is 11.8. The summed E-state index contributed by atoms with van der Waals surface area (Å²) in [4.78, 5) is 29.9. The van der Waals surface area contributed by atoms with Gasteiger partial charge in [-0.3, -0.25) is 14.3 Å². The zero-order valence-corrected chi connectivity index (χ0v) is 21.1. The van der Waals surface area contributed by atoms with Crippen molar-refractivity contribution < 1.29 is 4.74 Å². The van der Waals surface area contributed by atoms with E-state index in [1.54, 1.807) is 7.11 Å². The summed E-state index contributed by atoms with van der Waals surface area (Å²) in [6.45, 7) is 1.35. The summed E-state index contributed by atoms with van der Waals surface area (Å²) in [6, 6.07) is 16.4. The second-order valence-electron chi connectivity index (χ2n) is 9.26. The van der Waals surface area contributed by atoms with Crippen molar-refractivity contribution in [3.63, 3.8) is 0 Å².